The molecular formula is C18H21N5OS2. The highest BCUT2D eigenvalue weighted by atomic mass is 32.2. The number of nitrogens with two attached hydrogens (primary N) is 1. The summed E-state index contributed by atoms with van der Waals surface area (Å²) in [5.41, 5.74) is 0.926. The Morgan fingerprint density at radius 2 is 1.92 bits per heavy atom. The number of hydrogen-bond donors (Lipinski definition) is 1. The molecule has 2 heterocycles. The van der Waals surface area contributed by atoms with Gasteiger partial charge in [-0.25, -0.2) is 4.68 Å². The van der Waals surface area contributed by atoms with Crippen LogP contribution in [-0.2, 0) is 4.79 Å². The summed E-state index contributed by atoms with van der Waals surface area (Å²) in [5.74, 6) is 6.86. The minimum Gasteiger partial charge on any atom is -0.342 e. The van der Waals surface area contributed by atoms with Crippen LogP contribution in [0.5, 0.6) is 0 Å². The molecule has 2 aromatic heterocycles. The standard InChI is InChI=1S/C18H21N5OS2/c1-3-22(4-2)17(24)15(13-9-6-5-7-10-13)26-18-21-20-16(23(18)19)14-11-8-12-25-14/h5-12,15H,3-4,19H2,1-2H3. The predicted octanol–water partition coefficient (Wildman–Crippen LogP) is 3.42. The zero-order valence-electron chi connectivity index (χ0n) is 14.7. The Kier molecular flexibility index (Phi) is 5.95. The SMILES string of the molecule is CCN(CC)C(=O)C(Sc1nnc(-c2cccs2)n1N)c1ccccc1. The van der Waals surface area contributed by atoms with Crippen LogP contribution in [0, 0.1) is 0 Å². The molecule has 6 nitrogen and oxygen atoms in total. The second-order valence-corrected chi connectivity index (χ2v) is 7.59. The molecule has 2 N–H and O–H groups in total. The van der Waals surface area contributed by atoms with Gasteiger partial charge in [0.05, 0.1) is 4.88 Å². The van der Waals surface area contributed by atoms with E-state index in [0.29, 0.717) is 24.1 Å². The lowest BCUT2D eigenvalue weighted by atomic mass is 10.1. The highest BCUT2D eigenvalue weighted by Gasteiger charge is 2.28. The van der Waals surface area contributed by atoms with Crippen LogP contribution in [0.15, 0.2) is 53.0 Å². The fourth-order valence-corrected chi connectivity index (χ4v) is 4.37. The van der Waals surface area contributed by atoms with Crippen LogP contribution in [0.1, 0.15) is 24.7 Å². The lowest BCUT2D eigenvalue weighted by molar-refractivity contribution is -0.130. The van der Waals surface area contributed by atoms with Crippen LogP contribution in [0.4, 0.5) is 0 Å². The molecule has 3 rings (SSSR count). The highest BCUT2D eigenvalue weighted by Crippen LogP contribution is 2.36. The molecule has 0 aliphatic heterocycles. The van der Waals surface area contributed by atoms with E-state index in [4.69, 9.17) is 5.84 Å². The summed E-state index contributed by atoms with van der Waals surface area (Å²) in [6.45, 7) is 5.28. The Hall–Kier alpha value is -2.32. The van der Waals surface area contributed by atoms with Gasteiger partial charge in [0.25, 0.3) is 0 Å². The maximum atomic E-state index is 13.1. The van der Waals surface area contributed by atoms with Gasteiger partial charge in [-0.15, -0.1) is 21.5 Å². The van der Waals surface area contributed by atoms with Crippen molar-refractivity contribution in [3.8, 4) is 10.7 Å². The van der Waals surface area contributed by atoms with Crippen molar-refractivity contribution in [1.82, 2.24) is 19.8 Å². The molecule has 1 atom stereocenters. The third kappa shape index (κ3) is 3.76. The van der Waals surface area contributed by atoms with Gasteiger partial charge in [0.1, 0.15) is 5.25 Å². The van der Waals surface area contributed by atoms with E-state index >= 15 is 0 Å². The van der Waals surface area contributed by atoms with Crippen molar-refractivity contribution < 1.29 is 4.79 Å². The number of rotatable bonds is 7. The normalized spacial score (nSPS) is 12.1. The molecule has 0 spiro atoms. The second-order valence-electron chi connectivity index (χ2n) is 5.57. The first kappa shape index (κ1) is 18.5. The number of nitrogens with zero attached hydrogens (tertiary/aromatic N) is 4. The lowest BCUT2D eigenvalue weighted by Crippen LogP contribution is -2.34. The fourth-order valence-electron chi connectivity index (χ4n) is 2.63. The molecule has 1 amide bonds. The minimum atomic E-state index is -0.418. The van der Waals surface area contributed by atoms with Gasteiger partial charge >= 0.3 is 0 Å². The summed E-state index contributed by atoms with van der Waals surface area (Å²) in [4.78, 5) is 15.8. The molecule has 1 aromatic carbocycles. The van der Waals surface area contributed by atoms with Gasteiger partial charge < -0.3 is 10.7 Å². The fraction of sp³-hybridized carbons (Fsp3) is 0.278. The third-order valence-electron chi connectivity index (χ3n) is 4.03. The van der Waals surface area contributed by atoms with E-state index < -0.39 is 5.25 Å². The van der Waals surface area contributed by atoms with Crippen molar-refractivity contribution in [2.24, 2.45) is 0 Å². The molecule has 0 radical (unpaired) electrons. The summed E-state index contributed by atoms with van der Waals surface area (Å²) in [7, 11) is 0. The molecule has 1 unspecified atom stereocenters. The predicted molar refractivity (Wildman–Crippen MR) is 106 cm³/mol. The Bertz CT molecular complexity index is 844. The first-order valence-corrected chi connectivity index (χ1v) is 10.2. The van der Waals surface area contributed by atoms with Gasteiger partial charge in [0.2, 0.25) is 11.1 Å². The molecule has 136 valence electrons. The largest absolute Gasteiger partial charge is 0.342 e. The molecule has 0 fully saturated rings. The summed E-state index contributed by atoms with van der Waals surface area (Å²) in [5, 5.41) is 10.5. The minimum absolute atomic E-state index is 0.0480. The van der Waals surface area contributed by atoms with Gasteiger partial charge in [-0.05, 0) is 30.9 Å². The number of thiophene rings is 1. The van der Waals surface area contributed by atoms with Gasteiger partial charge in [-0.2, -0.15) is 0 Å². The van der Waals surface area contributed by atoms with E-state index in [0.717, 1.165) is 10.4 Å². The van der Waals surface area contributed by atoms with Crippen LogP contribution in [0.2, 0.25) is 0 Å². The number of thioether (sulfide) groups is 1. The van der Waals surface area contributed by atoms with Crippen LogP contribution >= 0.6 is 23.1 Å². The quantitative estimate of drug-likeness (QED) is 0.496. The van der Waals surface area contributed by atoms with Crippen molar-refractivity contribution in [3.05, 3.63) is 53.4 Å². The molecule has 0 saturated heterocycles. The average Bonchev–Trinajstić information content (AvgIpc) is 3.31. The lowest BCUT2D eigenvalue weighted by Gasteiger charge is -2.24. The Balaban J connectivity index is 1.93. The van der Waals surface area contributed by atoms with Crippen molar-refractivity contribution in [1.29, 1.82) is 0 Å². The zero-order chi connectivity index (χ0) is 18.5. The topological polar surface area (TPSA) is 77.0 Å². The van der Waals surface area contributed by atoms with Gasteiger partial charge in [-0.1, -0.05) is 48.2 Å². The number of carbonyl (C=O) groups is 1. The van der Waals surface area contributed by atoms with E-state index in [2.05, 4.69) is 10.2 Å². The Labute approximate surface area is 161 Å². The number of nitrogen functional groups attached to an aromatic ring is 1. The smallest absolute Gasteiger partial charge is 0.240 e. The van der Waals surface area contributed by atoms with Crippen LogP contribution < -0.4 is 5.84 Å². The molecule has 3 aromatic rings. The van der Waals surface area contributed by atoms with Crippen LogP contribution in [0.3, 0.4) is 0 Å². The number of aromatic nitrogens is 3. The van der Waals surface area contributed by atoms with E-state index in [9.17, 15) is 4.79 Å². The van der Waals surface area contributed by atoms with E-state index in [1.54, 1.807) is 11.3 Å². The first-order valence-electron chi connectivity index (χ1n) is 8.40. The van der Waals surface area contributed by atoms with Gasteiger partial charge in [-0.3, -0.25) is 4.79 Å². The zero-order valence-corrected chi connectivity index (χ0v) is 16.3. The number of likely N-dealkylation sites (N-methyl/N-ethyl adjacent to an activating group) is 1. The van der Waals surface area contributed by atoms with Crippen LogP contribution in [-0.4, -0.2) is 38.8 Å². The number of benzene rings is 1. The maximum Gasteiger partial charge on any atom is 0.240 e. The maximum absolute atomic E-state index is 13.1. The highest BCUT2D eigenvalue weighted by molar-refractivity contribution is 8.00. The van der Waals surface area contributed by atoms with E-state index in [1.165, 1.54) is 16.4 Å². The van der Waals surface area contributed by atoms with Crippen LogP contribution in [0.25, 0.3) is 10.7 Å². The van der Waals surface area contributed by atoms with Crippen molar-refractivity contribution >= 4 is 29.0 Å². The van der Waals surface area contributed by atoms with E-state index in [-0.39, 0.29) is 5.91 Å². The Morgan fingerprint density at radius 1 is 1.19 bits per heavy atom. The number of carbonyl (C=O) groups excluding carboxylic acids is 1. The second kappa shape index (κ2) is 8.37. The summed E-state index contributed by atoms with van der Waals surface area (Å²) in [6, 6.07) is 13.6. The van der Waals surface area contributed by atoms with Gasteiger partial charge in [0, 0.05) is 13.1 Å². The van der Waals surface area contributed by atoms with E-state index in [1.807, 2.05) is 66.6 Å². The molecule has 0 aliphatic carbocycles. The average molecular weight is 388 g/mol. The molecule has 8 heteroatoms. The van der Waals surface area contributed by atoms with Crippen molar-refractivity contribution in [3.63, 3.8) is 0 Å². The molecule has 0 aliphatic rings. The number of amides is 1. The monoisotopic (exact) mass is 387 g/mol. The number of hydrogen-bond acceptors (Lipinski definition) is 6. The third-order valence-corrected chi connectivity index (χ3v) is 6.10. The summed E-state index contributed by atoms with van der Waals surface area (Å²) in [6.07, 6.45) is 0. The summed E-state index contributed by atoms with van der Waals surface area (Å²) >= 11 is 2.88. The molecular weight excluding hydrogens is 366 g/mol. The summed E-state index contributed by atoms with van der Waals surface area (Å²) < 4.78 is 1.46. The first-order chi connectivity index (χ1) is 12.7. The van der Waals surface area contributed by atoms with Crippen molar-refractivity contribution in [2.75, 3.05) is 18.9 Å². The molecule has 26 heavy (non-hydrogen) atoms. The van der Waals surface area contributed by atoms with Gasteiger partial charge in [0.15, 0.2) is 5.82 Å². The molecule has 0 bridgehead atoms. The Morgan fingerprint density at radius 3 is 2.54 bits per heavy atom. The van der Waals surface area contributed by atoms with Crippen molar-refractivity contribution in [2.45, 2.75) is 24.3 Å². The molecule has 0 saturated carbocycles.